The highest BCUT2D eigenvalue weighted by Gasteiger charge is 2.53. The van der Waals surface area contributed by atoms with Crippen molar-refractivity contribution >= 4 is 17.1 Å². The van der Waals surface area contributed by atoms with Gasteiger partial charge < -0.3 is 14.4 Å². The second kappa shape index (κ2) is 16.8. The molecule has 77 heavy (non-hydrogen) atoms. The van der Waals surface area contributed by atoms with E-state index in [-0.39, 0.29) is 0 Å². The maximum atomic E-state index is 6.74. The predicted molar refractivity (Wildman–Crippen MR) is 312 cm³/mol. The van der Waals surface area contributed by atoms with Gasteiger partial charge in [0.15, 0.2) is 0 Å². The molecule has 2 aliphatic carbocycles. The number of rotatable bonds is 6. The Bertz CT molecular complexity index is 4250. The summed E-state index contributed by atoms with van der Waals surface area (Å²) in [5.41, 5.74) is 23.7. The van der Waals surface area contributed by atoms with Gasteiger partial charge in [0.05, 0.1) is 16.5 Å². The maximum absolute atomic E-state index is 6.74. The van der Waals surface area contributed by atoms with Crippen LogP contribution in [0.2, 0.25) is 0 Å². The molecule has 0 N–H and O–H groups in total. The van der Waals surface area contributed by atoms with E-state index < -0.39 is 10.8 Å². The molecular formula is C74H47NO2. The second-order valence-electron chi connectivity index (χ2n) is 20.6. The van der Waals surface area contributed by atoms with Gasteiger partial charge in [-0.05, 0) is 133 Å². The molecule has 16 rings (SSSR count). The summed E-state index contributed by atoms with van der Waals surface area (Å²) in [6.45, 7) is 0. The zero-order chi connectivity index (χ0) is 50.7. The van der Waals surface area contributed by atoms with Crippen molar-refractivity contribution in [2.24, 2.45) is 0 Å². The van der Waals surface area contributed by atoms with Gasteiger partial charge in [0.1, 0.15) is 23.0 Å². The van der Waals surface area contributed by atoms with E-state index in [2.05, 4.69) is 290 Å². The van der Waals surface area contributed by atoms with Crippen molar-refractivity contribution in [1.29, 1.82) is 0 Å². The fraction of sp³-hybridized carbons (Fsp3) is 0.0270. The third-order valence-corrected chi connectivity index (χ3v) is 16.8. The van der Waals surface area contributed by atoms with Gasteiger partial charge in [0.25, 0.3) is 0 Å². The number of hydrogen-bond donors (Lipinski definition) is 0. The molecule has 0 aromatic heterocycles. The highest BCUT2D eigenvalue weighted by molar-refractivity contribution is 5.99. The monoisotopic (exact) mass is 981 g/mol. The first-order valence-electron chi connectivity index (χ1n) is 26.6. The zero-order valence-corrected chi connectivity index (χ0v) is 41.9. The lowest BCUT2D eigenvalue weighted by atomic mass is 9.66. The van der Waals surface area contributed by atoms with E-state index in [0.29, 0.717) is 0 Å². The third kappa shape index (κ3) is 6.20. The molecule has 0 atom stereocenters. The quantitative estimate of drug-likeness (QED) is 0.166. The summed E-state index contributed by atoms with van der Waals surface area (Å²) in [4.78, 5) is 2.48. The van der Waals surface area contributed by atoms with Gasteiger partial charge in [0, 0.05) is 39.2 Å². The van der Waals surface area contributed by atoms with Crippen LogP contribution >= 0.6 is 0 Å². The van der Waals surface area contributed by atoms with Crippen LogP contribution in [0.4, 0.5) is 17.1 Å². The van der Waals surface area contributed by atoms with Crippen molar-refractivity contribution in [2.75, 3.05) is 4.90 Å². The summed E-state index contributed by atoms with van der Waals surface area (Å²) >= 11 is 0. The van der Waals surface area contributed by atoms with Gasteiger partial charge in [-0.3, -0.25) is 0 Å². The Morgan fingerprint density at radius 1 is 0.234 bits per heavy atom. The van der Waals surface area contributed by atoms with Crippen molar-refractivity contribution in [3.05, 3.63) is 330 Å². The lowest BCUT2D eigenvalue weighted by molar-refractivity contribution is 0.436. The van der Waals surface area contributed by atoms with Crippen LogP contribution in [0.3, 0.4) is 0 Å². The SMILES string of the molecule is c1ccc(-c2ccc(-c3ccc(N(c4cccc(-c5ccc6c(c5)-c5ccccc5C65c6ccccc6Oc6ccccc65)c4)c4cccc5c4-c4ccccc4C54c5ccccc5Oc5ccccc54)cc3)cc2)cc1. The molecule has 0 amide bonds. The Morgan fingerprint density at radius 3 is 1.21 bits per heavy atom. The van der Waals surface area contributed by atoms with Crippen LogP contribution in [0.5, 0.6) is 23.0 Å². The van der Waals surface area contributed by atoms with Crippen molar-refractivity contribution in [3.63, 3.8) is 0 Å². The Labute approximate surface area is 448 Å². The first kappa shape index (κ1) is 43.4. The smallest absolute Gasteiger partial charge is 0.132 e. The molecule has 3 heteroatoms. The average molecular weight is 982 g/mol. The molecule has 0 saturated heterocycles. The van der Waals surface area contributed by atoms with Gasteiger partial charge in [-0.2, -0.15) is 0 Å². The predicted octanol–water partition coefficient (Wildman–Crippen LogP) is 19.1. The maximum Gasteiger partial charge on any atom is 0.132 e. The average Bonchev–Trinajstić information content (AvgIpc) is 3.91. The van der Waals surface area contributed by atoms with Crippen LogP contribution in [-0.4, -0.2) is 0 Å². The molecule has 0 saturated carbocycles. The van der Waals surface area contributed by atoms with Crippen LogP contribution in [0.25, 0.3) is 55.6 Å². The molecule has 0 bridgehead atoms. The largest absolute Gasteiger partial charge is 0.457 e. The van der Waals surface area contributed by atoms with Crippen molar-refractivity contribution in [2.45, 2.75) is 10.8 Å². The highest BCUT2D eigenvalue weighted by atomic mass is 16.5. The third-order valence-electron chi connectivity index (χ3n) is 16.8. The summed E-state index contributed by atoms with van der Waals surface area (Å²) < 4.78 is 13.4. The van der Waals surface area contributed by atoms with Crippen LogP contribution in [0.1, 0.15) is 44.5 Å². The van der Waals surface area contributed by atoms with Gasteiger partial charge >= 0.3 is 0 Å². The number of fused-ring (bicyclic) bond motifs is 18. The summed E-state index contributed by atoms with van der Waals surface area (Å²) in [6, 6.07) is 104. The van der Waals surface area contributed by atoms with E-state index >= 15 is 0 Å². The Hall–Kier alpha value is -9.96. The number of para-hydroxylation sites is 4. The Kier molecular flexibility index (Phi) is 9.47. The zero-order valence-electron chi connectivity index (χ0n) is 41.9. The minimum Gasteiger partial charge on any atom is -0.457 e. The Balaban J connectivity index is 0.883. The van der Waals surface area contributed by atoms with Crippen LogP contribution in [0, 0.1) is 0 Å². The normalized spacial score (nSPS) is 13.9. The van der Waals surface area contributed by atoms with E-state index in [4.69, 9.17) is 9.47 Å². The van der Waals surface area contributed by atoms with Crippen LogP contribution in [0.15, 0.2) is 285 Å². The number of anilines is 3. The molecule has 0 unspecified atom stereocenters. The molecule has 2 heterocycles. The first-order valence-corrected chi connectivity index (χ1v) is 26.6. The number of hydrogen-bond acceptors (Lipinski definition) is 3. The summed E-state index contributed by atoms with van der Waals surface area (Å²) in [7, 11) is 0. The molecule has 12 aromatic rings. The highest BCUT2D eigenvalue weighted by Crippen LogP contribution is 2.65. The topological polar surface area (TPSA) is 21.7 Å². The molecule has 0 fully saturated rings. The molecule has 2 spiro atoms. The molecule has 4 aliphatic rings. The molecule has 2 aliphatic heterocycles. The number of benzene rings is 12. The fourth-order valence-electron chi connectivity index (χ4n) is 13.6. The molecule has 0 radical (unpaired) electrons. The van der Waals surface area contributed by atoms with Crippen LogP contribution < -0.4 is 14.4 Å². The van der Waals surface area contributed by atoms with E-state index in [1.54, 1.807) is 0 Å². The van der Waals surface area contributed by atoms with Gasteiger partial charge in [-0.1, -0.05) is 224 Å². The van der Waals surface area contributed by atoms with E-state index in [1.165, 1.54) is 61.2 Å². The van der Waals surface area contributed by atoms with Gasteiger partial charge in [-0.15, -0.1) is 0 Å². The number of nitrogens with zero attached hydrogens (tertiary/aromatic N) is 1. The standard InChI is InChI=1S/C74H47NO2/c1-2-18-48(19-3-1)49-36-38-50(39-37-49)51-40-43-54(44-41-51)75(67-31-17-30-66-72(67)57-23-5-7-25-60(57)74(66)64-28-10-14-34-70(64)77-71-35-15-11-29-65(71)74)55-21-16-20-52(46-55)53-42-45-61-58(47-53)56-22-4-6-24-59(56)73(61)62-26-8-12-32-68(62)76-69-33-13-9-27-63(69)73/h1-47H. The van der Waals surface area contributed by atoms with Crippen LogP contribution in [-0.2, 0) is 10.8 Å². The minimum atomic E-state index is -0.611. The lowest BCUT2D eigenvalue weighted by Gasteiger charge is -2.39. The molecular weight excluding hydrogens is 935 g/mol. The summed E-state index contributed by atoms with van der Waals surface area (Å²) in [5, 5.41) is 0. The lowest BCUT2D eigenvalue weighted by Crippen LogP contribution is -2.32. The van der Waals surface area contributed by atoms with Crippen molar-refractivity contribution in [1.82, 2.24) is 0 Å². The van der Waals surface area contributed by atoms with Gasteiger partial charge in [0.2, 0.25) is 0 Å². The van der Waals surface area contributed by atoms with E-state index in [1.807, 2.05) is 0 Å². The summed E-state index contributed by atoms with van der Waals surface area (Å²) in [6.07, 6.45) is 0. The first-order chi connectivity index (χ1) is 38.2. The summed E-state index contributed by atoms with van der Waals surface area (Å²) in [5.74, 6) is 3.55. The molecule has 360 valence electrons. The van der Waals surface area contributed by atoms with Crippen molar-refractivity contribution < 1.29 is 9.47 Å². The van der Waals surface area contributed by atoms with Gasteiger partial charge in [-0.25, -0.2) is 0 Å². The minimum absolute atomic E-state index is 0.530. The Morgan fingerprint density at radius 2 is 0.623 bits per heavy atom. The molecule has 12 aromatic carbocycles. The van der Waals surface area contributed by atoms with Crippen molar-refractivity contribution in [3.8, 4) is 78.6 Å². The second-order valence-corrected chi connectivity index (χ2v) is 20.6. The number of ether oxygens (including phenoxy) is 2. The van der Waals surface area contributed by atoms with E-state index in [9.17, 15) is 0 Å². The van der Waals surface area contributed by atoms with E-state index in [0.717, 1.165) is 79.0 Å². The molecule has 3 nitrogen and oxygen atoms in total. The fourth-order valence-corrected chi connectivity index (χ4v) is 13.6.